The molecule has 1 rings (SSSR count). The highest BCUT2D eigenvalue weighted by atomic mass is 16.3. The van der Waals surface area contributed by atoms with Crippen LogP contribution in [0.5, 0.6) is 0 Å². The molecule has 1 aliphatic carbocycles. The predicted octanol–water partition coefficient (Wildman–Crippen LogP) is 3.17. The van der Waals surface area contributed by atoms with Gasteiger partial charge in [-0.3, -0.25) is 0 Å². The number of aliphatic hydroxyl groups excluding tert-OH is 1. The smallest absolute Gasteiger partial charge is 0.0613 e. The Labute approximate surface area is 126 Å². The Morgan fingerprint density at radius 3 is 2.30 bits per heavy atom. The maximum Gasteiger partial charge on any atom is 0.0613 e. The third kappa shape index (κ3) is 6.11. The molecular weight excluding hydrogens is 248 g/mol. The first-order valence-electron chi connectivity index (χ1n) is 8.81. The lowest BCUT2D eigenvalue weighted by Gasteiger charge is -2.33. The SMILES string of the molecule is CCCCN(CCCC(CC)(CO)NCCC)C1CC1. The van der Waals surface area contributed by atoms with Crippen LogP contribution in [0.4, 0.5) is 0 Å². The molecule has 0 aliphatic heterocycles. The minimum atomic E-state index is -0.0456. The van der Waals surface area contributed by atoms with E-state index in [2.05, 4.69) is 31.0 Å². The molecule has 0 bridgehead atoms. The Morgan fingerprint density at radius 1 is 1.10 bits per heavy atom. The molecule has 0 aromatic carbocycles. The molecule has 3 nitrogen and oxygen atoms in total. The second kappa shape index (κ2) is 9.75. The van der Waals surface area contributed by atoms with Crippen LogP contribution in [0.25, 0.3) is 0 Å². The van der Waals surface area contributed by atoms with Gasteiger partial charge < -0.3 is 15.3 Å². The van der Waals surface area contributed by atoms with Crippen LogP contribution in [0.3, 0.4) is 0 Å². The van der Waals surface area contributed by atoms with Crippen molar-refractivity contribution in [2.45, 2.75) is 83.7 Å². The fourth-order valence-corrected chi connectivity index (χ4v) is 2.93. The van der Waals surface area contributed by atoms with Crippen molar-refractivity contribution in [1.82, 2.24) is 10.2 Å². The molecular formula is C17H36N2O. The van der Waals surface area contributed by atoms with E-state index in [0.29, 0.717) is 0 Å². The van der Waals surface area contributed by atoms with Crippen molar-refractivity contribution in [3.8, 4) is 0 Å². The van der Waals surface area contributed by atoms with E-state index in [1.165, 1.54) is 45.2 Å². The van der Waals surface area contributed by atoms with Crippen molar-refractivity contribution < 1.29 is 5.11 Å². The third-order valence-electron chi connectivity index (χ3n) is 4.69. The Hall–Kier alpha value is -0.120. The fraction of sp³-hybridized carbons (Fsp3) is 1.00. The van der Waals surface area contributed by atoms with Gasteiger partial charge in [-0.15, -0.1) is 0 Å². The van der Waals surface area contributed by atoms with E-state index in [9.17, 15) is 5.11 Å². The first-order valence-corrected chi connectivity index (χ1v) is 8.81. The van der Waals surface area contributed by atoms with Crippen molar-refractivity contribution in [1.29, 1.82) is 0 Å². The molecule has 1 aliphatic rings. The maximum atomic E-state index is 9.76. The average molecular weight is 284 g/mol. The molecule has 3 heteroatoms. The Kier molecular flexibility index (Phi) is 8.74. The summed E-state index contributed by atoms with van der Waals surface area (Å²) >= 11 is 0. The zero-order valence-corrected chi connectivity index (χ0v) is 14.0. The molecule has 0 radical (unpaired) electrons. The lowest BCUT2D eigenvalue weighted by molar-refractivity contribution is 0.137. The summed E-state index contributed by atoms with van der Waals surface area (Å²) in [7, 11) is 0. The van der Waals surface area contributed by atoms with Crippen LogP contribution in [0.15, 0.2) is 0 Å². The van der Waals surface area contributed by atoms with E-state index in [1.807, 2.05) is 0 Å². The van der Waals surface area contributed by atoms with Gasteiger partial charge in [0.15, 0.2) is 0 Å². The lowest BCUT2D eigenvalue weighted by atomic mass is 9.91. The largest absolute Gasteiger partial charge is 0.394 e. The summed E-state index contributed by atoms with van der Waals surface area (Å²) in [6.45, 7) is 10.4. The molecule has 20 heavy (non-hydrogen) atoms. The van der Waals surface area contributed by atoms with Gasteiger partial charge >= 0.3 is 0 Å². The zero-order chi connectivity index (χ0) is 14.8. The van der Waals surface area contributed by atoms with Gasteiger partial charge in [-0.1, -0.05) is 27.2 Å². The summed E-state index contributed by atoms with van der Waals surface area (Å²) in [5.74, 6) is 0. The first-order chi connectivity index (χ1) is 9.71. The van der Waals surface area contributed by atoms with E-state index >= 15 is 0 Å². The number of hydrogen-bond acceptors (Lipinski definition) is 3. The van der Waals surface area contributed by atoms with Crippen molar-refractivity contribution >= 4 is 0 Å². The minimum absolute atomic E-state index is 0.0456. The van der Waals surface area contributed by atoms with Gasteiger partial charge in [0.2, 0.25) is 0 Å². The van der Waals surface area contributed by atoms with E-state index in [-0.39, 0.29) is 12.1 Å². The van der Waals surface area contributed by atoms with Gasteiger partial charge in [0, 0.05) is 11.6 Å². The van der Waals surface area contributed by atoms with Crippen LogP contribution in [0.1, 0.15) is 72.1 Å². The predicted molar refractivity (Wildman–Crippen MR) is 87.1 cm³/mol. The molecule has 1 fully saturated rings. The quantitative estimate of drug-likeness (QED) is 0.545. The lowest BCUT2D eigenvalue weighted by Crippen LogP contribution is -2.48. The molecule has 0 heterocycles. The maximum absolute atomic E-state index is 9.76. The molecule has 1 unspecified atom stereocenters. The van der Waals surface area contributed by atoms with Crippen LogP contribution in [0.2, 0.25) is 0 Å². The van der Waals surface area contributed by atoms with E-state index in [1.54, 1.807) is 0 Å². The molecule has 0 saturated heterocycles. The van der Waals surface area contributed by atoms with E-state index < -0.39 is 0 Å². The fourth-order valence-electron chi connectivity index (χ4n) is 2.93. The Morgan fingerprint density at radius 2 is 1.80 bits per heavy atom. The van der Waals surface area contributed by atoms with Crippen LogP contribution < -0.4 is 5.32 Å². The highest BCUT2D eigenvalue weighted by molar-refractivity contribution is 4.88. The minimum Gasteiger partial charge on any atom is -0.394 e. The molecule has 120 valence electrons. The Balaban J connectivity index is 2.33. The molecule has 0 amide bonds. The topological polar surface area (TPSA) is 35.5 Å². The van der Waals surface area contributed by atoms with Gasteiger partial charge in [-0.05, 0) is 64.6 Å². The summed E-state index contributed by atoms with van der Waals surface area (Å²) in [5, 5.41) is 13.3. The van der Waals surface area contributed by atoms with Gasteiger partial charge in [-0.25, -0.2) is 0 Å². The average Bonchev–Trinajstić information content (AvgIpc) is 3.31. The van der Waals surface area contributed by atoms with Crippen molar-refractivity contribution in [3.63, 3.8) is 0 Å². The van der Waals surface area contributed by atoms with Gasteiger partial charge in [0.05, 0.1) is 6.61 Å². The van der Waals surface area contributed by atoms with Crippen LogP contribution in [0, 0.1) is 0 Å². The van der Waals surface area contributed by atoms with Gasteiger partial charge in [-0.2, -0.15) is 0 Å². The van der Waals surface area contributed by atoms with Gasteiger partial charge in [0.25, 0.3) is 0 Å². The molecule has 1 saturated carbocycles. The van der Waals surface area contributed by atoms with Crippen LogP contribution >= 0.6 is 0 Å². The van der Waals surface area contributed by atoms with E-state index in [0.717, 1.165) is 31.8 Å². The number of aliphatic hydroxyl groups is 1. The van der Waals surface area contributed by atoms with Crippen molar-refractivity contribution in [3.05, 3.63) is 0 Å². The van der Waals surface area contributed by atoms with Crippen LogP contribution in [-0.2, 0) is 0 Å². The van der Waals surface area contributed by atoms with Gasteiger partial charge in [0.1, 0.15) is 0 Å². The zero-order valence-electron chi connectivity index (χ0n) is 14.0. The molecule has 0 aromatic rings. The van der Waals surface area contributed by atoms with Crippen molar-refractivity contribution in [2.24, 2.45) is 0 Å². The van der Waals surface area contributed by atoms with Crippen molar-refractivity contribution in [2.75, 3.05) is 26.2 Å². The number of hydrogen-bond donors (Lipinski definition) is 2. The molecule has 2 N–H and O–H groups in total. The summed E-state index contributed by atoms with van der Waals surface area (Å²) in [6, 6.07) is 0.871. The standard InChI is InChI=1S/C17H36N2O/c1-4-7-13-19(16-9-10-16)14-8-11-17(6-3,15-20)18-12-5-2/h16,18,20H,4-15H2,1-3H3. The highest BCUT2D eigenvalue weighted by Crippen LogP contribution is 2.28. The normalized spacial score (nSPS) is 18.4. The first kappa shape index (κ1) is 17.9. The summed E-state index contributed by atoms with van der Waals surface area (Å²) < 4.78 is 0. The second-order valence-corrected chi connectivity index (χ2v) is 6.44. The second-order valence-electron chi connectivity index (χ2n) is 6.44. The number of nitrogens with one attached hydrogen (secondary N) is 1. The molecule has 0 spiro atoms. The number of unbranched alkanes of at least 4 members (excludes halogenated alkanes) is 1. The molecule has 0 aromatic heterocycles. The van der Waals surface area contributed by atoms with E-state index in [4.69, 9.17) is 0 Å². The van der Waals surface area contributed by atoms with Crippen LogP contribution in [-0.4, -0.2) is 47.8 Å². The third-order valence-corrected chi connectivity index (χ3v) is 4.69. The Bertz CT molecular complexity index is 237. The number of rotatable bonds is 13. The summed E-state index contributed by atoms with van der Waals surface area (Å²) in [4.78, 5) is 2.68. The highest BCUT2D eigenvalue weighted by Gasteiger charge is 2.30. The summed E-state index contributed by atoms with van der Waals surface area (Å²) in [5.41, 5.74) is -0.0456. The summed E-state index contributed by atoms with van der Waals surface area (Å²) in [6.07, 6.45) is 9.85. The molecule has 1 atom stereocenters. The monoisotopic (exact) mass is 284 g/mol. The number of nitrogens with zero attached hydrogens (tertiary/aromatic N) is 1.